The second-order valence-corrected chi connectivity index (χ2v) is 10.9. The molecular weight excluding hydrogens is 495 g/mol. The van der Waals surface area contributed by atoms with Gasteiger partial charge in [0.25, 0.3) is 5.91 Å². The van der Waals surface area contributed by atoms with Crippen LogP contribution in [-0.2, 0) is 11.3 Å². The lowest BCUT2D eigenvalue weighted by Gasteiger charge is -2.43. The Balaban J connectivity index is 1.14. The van der Waals surface area contributed by atoms with Crippen molar-refractivity contribution < 1.29 is 18.7 Å². The largest absolute Gasteiger partial charge is 0.443 e. The van der Waals surface area contributed by atoms with Crippen LogP contribution in [0.15, 0.2) is 60.7 Å². The molecule has 1 aromatic heterocycles. The van der Waals surface area contributed by atoms with Gasteiger partial charge in [-0.2, -0.15) is 0 Å². The fourth-order valence-corrected chi connectivity index (χ4v) is 5.23. The van der Waals surface area contributed by atoms with Crippen LogP contribution in [0.1, 0.15) is 54.7 Å². The number of carbonyl (C=O) groups is 2. The molecule has 7 nitrogen and oxygen atoms in total. The van der Waals surface area contributed by atoms with Crippen molar-refractivity contribution >= 4 is 17.7 Å². The van der Waals surface area contributed by atoms with Gasteiger partial charge in [-0.05, 0) is 94.1 Å². The van der Waals surface area contributed by atoms with Gasteiger partial charge in [-0.25, -0.2) is 9.18 Å². The molecule has 39 heavy (non-hydrogen) atoms. The van der Waals surface area contributed by atoms with Crippen molar-refractivity contribution in [3.63, 3.8) is 0 Å². The first-order valence-corrected chi connectivity index (χ1v) is 13.5. The van der Waals surface area contributed by atoms with Gasteiger partial charge in [0.2, 0.25) is 0 Å². The van der Waals surface area contributed by atoms with Crippen LogP contribution in [0, 0.1) is 12.7 Å². The fraction of sp³-hybridized carbons (Fsp3) is 0.387. The Labute approximate surface area is 229 Å². The topological polar surface area (TPSA) is 74.8 Å². The molecule has 1 aliphatic carbocycles. The van der Waals surface area contributed by atoms with E-state index >= 15 is 0 Å². The average Bonchev–Trinajstić information content (AvgIpc) is 2.89. The van der Waals surface area contributed by atoms with Crippen molar-refractivity contribution in [2.24, 2.45) is 0 Å². The van der Waals surface area contributed by atoms with Gasteiger partial charge in [0, 0.05) is 43.5 Å². The zero-order chi connectivity index (χ0) is 27.6. The Hall–Kier alpha value is -3.78. The molecule has 0 bridgehead atoms. The van der Waals surface area contributed by atoms with E-state index in [1.165, 1.54) is 12.1 Å². The molecule has 2 aliphatic rings. The number of rotatable bonds is 6. The number of hydrogen-bond acceptors (Lipinski definition) is 5. The molecular formula is C31H35FN4O3. The van der Waals surface area contributed by atoms with E-state index in [0.29, 0.717) is 29.2 Å². The van der Waals surface area contributed by atoms with Crippen molar-refractivity contribution in [2.45, 2.75) is 58.2 Å². The fourth-order valence-electron chi connectivity index (χ4n) is 5.23. The summed E-state index contributed by atoms with van der Waals surface area (Å²) in [5.74, 6) is -0.531. The number of amides is 2. The molecule has 3 aromatic rings. The highest BCUT2D eigenvalue weighted by Crippen LogP contribution is 2.35. The van der Waals surface area contributed by atoms with Gasteiger partial charge < -0.3 is 15.0 Å². The van der Waals surface area contributed by atoms with E-state index in [1.807, 2.05) is 36.1 Å². The Morgan fingerprint density at radius 3 is 2.38 bits per heavy atom. The van der Waals surface area contributed by atoms with E-state index in [2.05, 4.69) is 22.1 Å². The third-order valence-electron chi connectivity index (χ3n) is 7.78. The van der Waals surface area contributed by atoms with Gasteiger partial charge in [-0.15, -0.1) is 0 Å². The summed E-state index contributed by atoms with van der Waals surface area (Å²) in [7, 11) is 0. The quantitative estimate of drug-likeness (QED) is 0.421. The van der Waals surface area contributed by atoms with Crippen LogP contribution in [0.2, 0.25) is 0 Å². The van der Waals surface area contributed by atoms with Crippen molar-refractivity contribution in [2.75, 3.05) is 25.0 Å². The first-order valence-electron chi connectivity index (χ1n) is 13.5. The molecule has 1 saturated heterocycles. The maximum atomic E-state index is 13.2. The van der Waals surface area contributed by atoms with Crippen LogP contribution in [0.4, 0.5) is 14.9 Å². The number of piperazine rings is 1. The highest BCUT2D eigenvalue weighted by molar-refractivity contribution is 6.05. The van der Waals surface area contributed by atoms with Gasteiger partial charge in [0.05, 0.1) is 17.0 Å². The second-order valence-electron chi connectivity index (χ2n) is 10.9. The molecule has 0 spiro atoms. The number of ether oxygens (including phenoxy) is 1. The number of halogens is 1. The molecule has 2 amide bonds. The first-order chi connectivity index (χ1) is 18.7. The van der Waals surface area contributed by atoms with Gasteiger partial charge >= 0.3 is 6.09 Å². The lowest BCUT2D eigenvalue weighted by atomic mass is 9.82. The van der Waals surface area contributed by atoms with Crippen LogP contribution in [0.5, 0.6) is 0 Å². The molecule has 5 rings (SSSR count). The lowest BCUT2D eigenvalue weighted by molar-refractivity contribution is -0.0578. The number of nitrogens with one attached hydrogen (secondary N) is 1. The number of aryl methyl sites for hydroxylation is 1. The van der Waals surface area contributed by atoms with Crippen molar-refractivity contribution in [1.82, 2.24) is 14.8 Å². The highest BCUT2D eigenvalue weighted by Gasteiger charge is 2.38. The standard InChI is InChI=1S/C31H35FN4O3/c1-21-19-35(17-18-36(21)30(38)39-31(3)15-4-16-31)20-23-5-11-26(12-6-23)34-29(37)27-13-14-28(33-22(27)2)24-7-9-25(32)10-8-24/h5-14,21H,4,15-20H2,1-3H3,(H,34,37)/t21-/m0/s1. The third-order valence-corrected chi connectivity index (χ3v) is 7.78. The minimum Gasteiger partial charge on any atom is -0.443 e. The number of hydrogen-bond donors (Lipinski definition) is 1. The minimum absolute atomic E-state index is 0.0831. The Kier molecular flexibility index (Phi) is 7.66. The Bertz CT molecular complexity index is 1340. The monoisotopic (exact) mass is 530 g/mol. The summed E-state index contributed by atoms with van der Waals surface area (Å²) < 4.78 is 19.0. The molecule has 1 saturated carbocycles. The van der Waals surface area contributed by atoms with Crippen molar-refractivity contribution in [1.29, 1.82) is 0 Å². The molecule has 2 heterocycles. The second kappa shape index (κ2) is 11.1. The average molecular weight is 531 g/mol. The molecule has 1 atom stereocenters. The predicted octanol–water partition coefficient (Wildman–Crippen LogP) is 6.03. The first kappa shape index (κ1) is 26.8. The summed E-state index contributed by atoms with van der Waals surface area (Å²) >= 11 is 0. The number of nitrogens with zero attached hydrogens (tertiary/aromatic N) is 3. The number of aromatic nitrogens is 1. The van der Waals surface area contributed by atoms with E-state index in [1.54, 1.807) is 31.2 Å². The zero-order valence-corrected chi connectivity index (χ0v) is 22.7. The van der Waals surface area contributed by atoms with E-state index in [4.69, 9.17) is 4.74 Å². The third kappa shape index (κ3) is 6.28. The van der Waals surface area contributed by atoms with Crippen LogP contribution in [-0.4, -0.2) is 58.1 Å². The Morgan fingerprint density at radius 1 is 1.05 bits per heavy atom. The van der Waals surface area contributed by atoms with Crippen LogP contribution >= 0.6 is 0 Å². The summed E-state index contributed by atoms with van der Waals surface area (Å²) in [5.41, 5.74) is 4.13. The summed E-state index contributed by atoms with van der Waals surface area (Å²) in [4.78, 5) is 34.3. The number of anilines is 1. The van der Waals surface area contributed by atoms with Crippen LogP contribution in [0.3, 0.4) is 0 Å². The molecule has 204 valence electrons. The molecule has 2 aromatic carbocycles. The summed E-state index contributed by atoms with van der Waals surface area (Å²) in [6.07, 6.45) is 2.83. The lowest BCUT2D eigenvalue weighted by Crippen LogP contribution is -2.55. The molecule has 1 N–H and O–H groups in total. The molecule has 0 unspecified atom stereocenters. The SMILES string of the molecule is Cc1nc(-c2ccc(F)cc2)ccc1C(=O)Nc1ccc(CN2CCN(C(=O)OC3(C)CCC3)[C@@H](C)C2)cc1. The van der Waals surface area contributed by atoms with E-state index < -0.39 is 0 Å². The smallest absolute Gasteiger partial charge is 0.410 e. The van der Waals surface area contributed by atoms with Gasteiger partial charge in [0.1, 0.15) is 11.4 Å². The molecule has 1 aliphatic heterocycles. The van der Waals surface area contributed by atoms with Gasteiger partial charge in [-0.1, -0.05) is 12.1 Å². The number of carbonyl (C=O) groups excluding carboxylic acids is 2. The number of benzene rings is 2. The molecule has 0 radical (unpaired) electrons. The number of pyridine rings is 1. The summed E-state index contributed by atoms with van der Waals surface area (Å²) in [6.45, 7) is 8.87. The van der Waals surface area contributed by atoms with Crippen molar-refractivity contribution in [3.05, 3.63) is 83.3 Å². The molecule has 2 fully saturated rings. The normalized spacial score (nSPS) is 18.8. The maximum absolute atomic E-state index is 13.2. The van der Waals surface area contributed by atoms with Gasteiger partial charge in [0.15, 0.2) is 0 Å². The van der Waals surface area contributed by atoms with Crippen LogP contribution in [0.25, 0.3) is 11.3 Å². The Morgan fingerprint density at radius 2 is 1.77 bits per heavy atom. The van der Waals surface area contributed by atoms with E-state index in [9.17, 15) is 14.0 Å². The van der Waals surface area contributed by atoms with E-state index in [0.717, 1.165) is 50.0 Å². The zero-order valence-electron chi connectivity index (χ0n) is 22.7. The van der Waals surface area contributed by atoms with Crippen LogP contribution < -0.4 is 5.32 Å². The highest BCUT2D eigenvalue weighted by atomic mass is 19.1. The van der Waals surface area contributed by atoms with E-state index in [-0.39, 0.29) is 29.5 Å². The van der Waals surface area contributed by atoms with Crippen molar-refractivity contribution in [3.8, 4) is 11.3 Å². The summed E-state index contributed by atoms with van der Waals surface area (Å²) in [6, 6.07) is 17.6. The minimum atomic E-state index is -0.301. The summed E-state index contributed by atoms with van der Waals surface area (Å²) in [5, 5.41) is 2.95. The predicted molar refractivity (Wildman–Crippen MR) is 149 cm³/mol. The maximum Gasteiger partial charge on any atom is 0.410 e. The molecule has 8 heteroatoms. The van der Waals surface area contributed by atoms with Gasteiger partial charge in [-0.3, -0.25) is 14.7 Å².